The number of anilines is 2. The molecule has 0 aromatic heterocycles. The van der Waals surface area contributed by atoms with Crippen LogP contribution in [0.1, 0.15) is 35.3 Å². The lowest BCUT2D eigenvalue weighted by Crippen LogP contribution is -2.41. The van der Waals surface area contributed by atoms with Gasteiger partial charge in [0.25, 0.3) is 5.91 Å². The maximum absolute atomic E-state index is 12.4. The topological polar surface area (TPSA) is 70.7 Å². The van der Waals surface area contributed by atoms with Gasteiger partial charge in [0.05, 0.1) is 19.8 Å². The molecule has 1 aliphatic heterocycles. The molecule has 2 aromatic rings. The third-order valence-electron chi connectivity index (χ3n) is 4.52. The molecule has 0 spiro atoms. The SMILES string of the molecule is CC.Cc1cccc(C(=O)Nc2ccc(C)c(NC(=O)CN3CCOCC3)c2)c1. The molecular weight excluding hydrogens is 366 g/mol. The average Bonchev–Trinajstić information content (AvgIpc) is 2.72. The second kappa shape index (κ2) is 11.3. The van der Waals surface area contributed by atoms with E-state index in [-0.39, 0.29) is 11.8 Å². The van der Waals surface area contributed by atoms with E-state index >= 15 is 0 Å². The summed E-state index contributed by atoms with van der Waals surface area (Å²) in [5.41, 5.74) is 3.93. The van der Waals surface area contributed by atoms with Crippen molar-refractivity contribution in [2.24, 2.45) is 0 Å². The van der Waals surface area contributed by atoms with E-state index in [4.69, 9.17) is 4.74 Å². The van der Waals surface area contributed by atoms with Gasteiger partial charge in [-0.15, -0.1) is 0 Å². The summed E-state index contributed by atoms with van der Waals surface area (Å²) in [4.78, 5) is 26.8. The van der Waals surface area contributed by atoms with E-state index in [1.807, 2.05) is 58.0 Å². The molecule has 2 amide bonds. The molecular formula is C23H31N3O3. The first-order valence-corrected chi connectivity index (χ1v) is 10.1. The van der Waals surface area contributed by atoms with E-state index < -0.39 is 0 Å². The Hall–Kier alpha value is -2.70. The summed E-state index contributed by atoms with van der Waals surface area (Å²) in [6, 6.07) is 12.9. The standard InChI is InChI=1S/C21H25N3O3.C2H6/c1-15-4-3-5-17(12-15)21(26)22-18-7-6-16(2)19(13-18)23-20(25)14-24-8-10-27-11-9-24;1-2/h3-7,12-13H,8-11,14H2,1-2H3,(H,22,26)(H,23,25);1-2H3. The molecule has 1 fully saturated rings. The summed E-state index contributed by atoms with van der Waals surface area (Å²) in [7, 11) is 0. The smallest absolute Gasteiger partial charge is 0.255 e. The van der Waals surface area contributed by atoms with E-state index in [9.17, 15) is 9.59 Å². The number of carbonyl (C=O) groups excluding carboxylic acids is 2. The summed E-state index contributed by atoms with van der Waals surface area (Å²) in [6.07, 6.45) is 0. The van der Waals surface area contributed by atoms with Crippen molar-refractivity contribution in [2.45, 2.75) is 27.7 Å². The molecule has 6 heteroatoms. The Kier molecular flexibility index (Phi) is 8.83. The molecule has 1 saturated heterocycles. The number of nitrogens with one attached hydrogen (secondary N) is 2. The fourth-order valence-corrected chi connectivity index (χ4v) is 2.98. The molecule has 0 unspecified atom stereocenters. The minimum Gasteiger partial charge on any atom is -0.379 e. The van der Waals surface area contributed by atoms with E-state index in [1.165, 1.54) is 0 Å². The first-order valence-electron chi connectivity index (χ1n) is 10.1. The van der Waals surface area contributed by atoms with Gasteiger partial charge in [-0.1, -0.05) is 37.6 Å². The van der Waals surface area contributed by atoms with Gasteiger partial charge >= 0.3 is 0 Å². The summed E-state index contributed by atoms with van der Waals surface area (Å²) in [6.45, 7) is 11.1. The number of hydrogen-bond donors (Lipinski definition) is 2. The number of rotatable bonds is 5. The van der Waals surface area contributed by atoms with Gasteiger partial charge in [-0.3, -0.25) is 14.5 Å². The number of hydrogen-bond acceptors (Lipinski definition) is 4. The van der Waals surface area contributed by atoms with Crippen LogP contribution >= 0.6 is 0 Å². The average molecular weight is 398 g/mol. The van der Waals surface area contributed by atoms with Gasteiger partial charge in [0.15, 0.2) is 0 Å². The Labute approximate surface area is 173 Å². The number of aryl methyl sites for hydroxylation is 2. The zero-order chi connectivity index (χ0) is 21.2. The summed E-state index contributed by atoms with van der Waals surface area (Å²) < 4.78 is 5.30. The minimum atomic E-state index is -0.173. The highest BCUT2D eigenvalue weighted by Gasteiger charge is 2.15. The summed E-state index contributed by atoms with van der Waals surface area (Å²) in [5, 5.41) is 5.84. The molecule has 6 nitrogen and oxygen atoms in total. The molecule has 2 N–H and O–H groups in total. The molecule has 0 aliphatic carbocycles. The van der Waals surface area contributed by atoms with Crippen molar-refractivity contribution in [2.75, 3.05) is 43.5 Å². The number of amides is 2. The maximum atomic E-state index is 12.4. The van der Waals surface area contributed by atoms with Crippen LogP contribution in [-0.4, -0.2) is 49.6 Å². The number of ether oxygens (including phenoxy) is 1. The quantitative estimate of drug-likeness (QED) is 0.804. The molecule has 0 radical (unpaired) electrons. The first-order chi connectivity index (χ1) is 14.0. The number of morpholine rings is 1. The van der Waals surface area contributed by atoms with Crippen molar-refractivity contribution in [3.8, 4) is 0 Å². The molecule has 1 aliphatic rings. The van der Waals surface area contributed by atoms with E-state index in [0.29, 0.717) is 36.7 Å². The lowest BCUT2D eigenvalue weighted by atomic mass is 10.1. The first kappa shape index (κ1) is 22.6. The van der Waals surface area contributed by atoms with Gasteiger partial charge in [-0.25, -0.2) is 0 Å². The van der Waals surface area contributed by atoms with Crippen LogP contribution in [0.4, 0.5) is 11.4 Å². The predicted octanol–water partition coefficient (Wildman–Crippen LogP) is 3.85. The van der Waals surface area contributed by atoms with Crippen LogP contribution in [0.3, 0.4) is 0 Å². The summed E-state index contributed by atoms with van der Waals surface area (Å²) >= 11 is 0. The molecule has 0 bridgehead atoms. The second-order valence-corrected chi connectivity index (χ2v) is 6.79. The number of benzene rings is 2. The van der Waals surface area contributed by atoms with Gasteiger partial charge in [0, 0.05) is 30.0 Å². The molecule has 156 valence electrons. The monoisotopic (exact) mass is 397 g/mol. The number of nitrogens with zero attached hydrogens (tertiary/aromatic N) is 1. The second-order valence-electron chi connectivity index (χ2n) is 6.79. The lowest BCUT2D eigenvalue weighted by Gasteiger charge is -2.26. The van der Waals surface area contributed by atoms with Crippen LogP contribution in [0.25, 0.3) is 0 Å². The highest BCUT2D eigenvalue weighted by atomic mass is 16.5. The van der Waals surface area contributed by atoms with Crippen molar-refractivity contribution in [1.82, 2.24) is 4.90 Å². The molecule has 29 heavy (non-hydrogen) atoms. The predicted molar refractivity (Wildman–Crippen MR) is 118 cm³/mol. The molecule has 3 rings (SSSR count). The molecule has 0 saturated carbocycles. The Morgan fingerprint density at radius 3 is 2.41 bits per heavy atom. The van der Waals surface area contributed by atoms with Gasteiger partial charge < -0.3 is 15.4 Å². The fourth-order valence-electron chi connectivity index (χ4n) is 2.98. The van der Waals surface area contributed by atoms with Crippen molar-refractivity contribution < 1.29 is 14.3 Å². The van der Waals surface area contributed by atoms with Crippen LogP contribution in [0.2, 0.25) is 0 Å². The van der Waals surface area contributed by atoms with Gasteiger partial charge in [-0.2, -0.15) is 0 Å². The fraction of sp³-hybridized carbons (Fsp3) is 0.391. The Morgan fingerprint density at radius 2 is 1.72 bits per heavy atom. The van der Waals surface area contributed by atoms with Crippen molar-refractivity contribution in [1.29, 1.82) is 0 Å². The van der Waals surface area contributed by atoms with E-state index in [2.05, 4.69) is 15.5 Å². The normalized spacial score (nSPS) is 13.8. The van der Waals surface area contributed by atoms with Crippen LogP contribution in [0.15, 0.2) is 42.5 Å². The highest BCUT2D eigenvalue weighted by Crippen LogP contribution is 2.21. The van der Waals surface area contributed by atoms with Crippen LogP contribution in [0.5, 0.6) is 0 Å². The minimum absolute atomic E-state index is 0.0674. The van der Waals surface area contributed by atoms with Crippen molar-refractivity contribution >= 4 is 23.2 Å². The van der Waals surface area contributed by atoms with E-state index in [0.717, 1.165) is 24.2 Å². The molecule has 0 atom stereocenters. The lowest BCUT2D eigenvalue weighted by molar-refractivity contribution is -0.118. The number of carbonyl (C=O) groups is 2. The zero-order valence-corrected chi connectivity index (χ0v) is 17.7. The van der Waals surface area contributed by atoms with Crippen LogP contribution < -0.4 is 10.6 Å². The Bertz CT molecular complexity index is 830. The van der Waals surface area contributed by atoms with Crippen LogP contribution in [-0.2, 0) is 9.53 Å². The van der Waals surface area contributed by atoms with E-state index in [1.54, 1.807) is 12.1 Å². The molecule has 2 aromatic carbocycles. The van der Waals surface area contributed by atoms with Gasteiger partial charge in [0.2, 0.25) is 5.91 Å². The zero-order valence-electron chi connectivity index (χ0n) is 17.7. The molecule has 1 heterocycles. The van der Waals surface area contributed by atoms with Crippen molar-refractivity contribution in [3.63, 3.8) is 0 Å². The summed E-state index contributed by atoms with van der Waals surface area (Å²) in [5.74, 6) is -0.240. The van der Waals surface area contributed by atoms with Crippen LogP contribution in [0, 0.1) is 13.8 Å². The Morgan fingerprint density at radius 1 is 1.00 bits per heavy atom. The van der Waals surface area contributed by atoms with Gasteiger partial charge in [-0.05, 0) is 43.7 Å². The Balaban J connectivity index is 0.00000145. The highest BCUT2D eigenvalue weighted by molar-refractivity contribution is 6.05. The van der Waals surface area contributed by atoms with Gasteiger partial charge in [0.1, 0.15) is 0 Å². The third kappa shape index (κ3) is 7.00. The maximum Gasteiger partial charge on any atom is 0.255 e. The van der Waals surface area contributed by atoms with Crippen molar-refractivity contribution in [3.05, 3.63) is 59.2 Å². The third-order valence-corrected chi connectivity index (χ3v) is 4.52. The largest absolute Gasteiger partial charge is 0.379 e.